The first-order chi connectivity index (χ1) is 13.6. The number of aromatic amines is 1. The molecule has 29 heavy (non-hydrogen) atoms. The normalized spacial score (nSPS) is 15.7. The fourth-order valence-electron chi connectivity index (χ4n) is 4.05. The predicted octanol–water partition coefficient (Wildman–Crippen LogP) is 4.30. The van der Waals surface area contributed by atoms with Gasteiger partial charge >= 0.3 is 0 Å². The number of fused-ring (bicyclic) bond motifs is 3. The van der Waals surface area contributed by atoms with E-state index >= 15 is 0 Å². The van der Waals surface area contributed by atoms with Crippen molar-refractivity contribution in [1.82, 2.24) is 4.98 Å². The number of benzene rings is 2. The van der Waals surface area contributed by atoms with E-state index in [2.05, 4.69) is 23.6 Å². The van der Waals surface area contributed by atoms with Gasteiger partial charge in [-0.15, -0.1) is 0 Å². The van der Waals surface area contributed by atoms with E-state index in [1.54, 1.807) is 37.3 Å². The van der Waals surface area contributed by atoms with E-state index < -0.39 is 10.0 Å². The maximum atomic E-state index is 13.0. The van der Waals surface area contributed by atoms with Crippen molar-refractivity contribution in [2.24, 2.45) is 5.41 Å². The first kappa shape index (κ1) is 19.2. The molecule has 1 aliphatic rings. The van der Waals surface area contributed by atoms with Gasteiger partial charge in [0.05, 0.1) is 22.2 Å². The predicted molar refractivity (Wildman–Crippen MR) is 111 cm³/mol. The van der Waals surface area contributed by atoms with Crippen LogP contribution in [0, 0.1) is 23.7 Å². The van der Waals surface area contributed by atoms with Gasteiger partial charge in [-0.05, 0) is 54.7 Å². The lowest BCUT2D eigenvalue weighted by Gasteiger charge is -2.28. The van der Waals surface area contributed by atoms with Gasteiger partial charge in [-0.25, -0.2) is 8.42 Å². The number of carbonyl (C=O) groups is 1. The second-order valence-corrected chi connectivity index (χ2v) is 10.0. The molecule has 0 bridgehead atoms. The Labute approximate surface area is 169 Å². The fraction of sp³-hybridized carbons (Fsp3) is 0.273. The first-order valence-electron chi connectivity index (χ1n) is 9.31. The third-order valence-corrected chi connectivity index (χ3v) is 6.80. The van der Waals surface area contributed by atoms with Crippen molar-refractivity contribution in [3.05, 3.63) is 58.8 Å². The molecule has 4 rings (SSSR count). The molecule has 0 atom stereocenters. The van der Waals surface area contributed by atoms with E-state index in [0.29, 0.717) is 34.3 Å². The van der Waals surface area contributed by atoms with Crippen molar-refractivity contribution >= 4 is 32.4 Å². The van der Waals surface area contributed by atoms with Gasteiger partial charge in [0.15, 0.2) is 5.78 Å². The van der Waals surface area contributed by atoms with Crippen LogP contribution in [0.25, 0.3) is 10.9 Å². The van der Waals surface area contributed by atoms with Crippen molar-refractivity contribution in [3.63, 3.8) is 0 Å². The minimum Gasteiger partial charge on any atom is -0.358 e. The number of nitrogens with zero attached hydrogens (tertiary/aromatic N) is 1. The summed E-state index contributed by atoms with van der Waals surface area (Å²) in [6, 6.07) is 11.7. The van der Waals surface area contributed by atoms with Crippen LogP contribution in [-0.2, 0) is 16.4 Å². The standard InChI is InChI=1S/C22H21N3O3S/c1-13-7-16-17(24-18-10-22(2,3)11-19(26)21(16)18)9-20(13)29(27,28)25-15-6-4-5-14(8-15)12-23/h4-9,24-25H,10-11H2,1-3H3. The number of nitriles is 1. The Morgan fingerprint density at radius 2 is 1.93 bits per heavy atom. The van der Waals surface area contributed by atoms with Crippen molar-refractivity contribution < 1.29 is 13.2 Å². The molecule has 0 saturated heterocycles. The summed E-state index contributed by atoms with van der Waals surface area (Å²) in [5.74, 6) is 0.0870. The smallest absolute Gasteiger partial charge is 0.262 e. The Hall–Kier alpha value is -3.11. The SMILES string of the molecule is Cc1cc2c3c([nH]c2cc1S(=O)(=O)Nc1cccc(C#N)c1)CC(C)(C)CC3=O. The number of nitrogens with one attached hydrogen (secondary N) is 2. The van der Waals surface area contributed by atoms with E-state index in [4.69, 9.17) is 5.26 Å². The summed E-state index contributed by atoms with van der Waals surface area (Å²) in [6.07, 6.45) is 1.21. The molecule has 0 unspecified atom stereocenters. The number of rotatable bonds is 3. The Morgan fingerprint density at radius 1 is 1.17 bits per heavy atom. The molecule has 6 nitrogen and oxygen atoms in total. The summed E-state index contributed by atoms with van der Waals surface area (Å²) in [5.41, 5.74) is 3.31. The highest BCUT2D eigenvalue weighted by atomic mass is 32.2. The molecule has 2 aromatic carbocycles. The van der Waals surface area contributed by atoms with Crippen molar-refractivity contribution in [3.8, 4) is 6.07 Å². The molecule has 0 amide bonds. The van der Waals surface area contributed by atoms with E-state index in [0.717, 1.165) is 17.5 Å². The number of hydrogen-bond donors (Lipinski definition) is 2. The fourth-order valence-corrected chi connectivity index (χ4v) is 5.36. The lowest BCUT2D eigenvalue weighted by molar-refractivity contribution is 0.0913. The van der Waals surface area contributed by atoms with E-state index in [9.17, 15) is 13.2 Å². The third-order valence-electron chi connectivity index (χ3n) is 5.28. The molecule has 0 aliphatic heterocycles. The number of anilines is 1. The number of aromatic nitrogens is 1. The summed E-state index contributed by atoms with van der Waals surface area (Å²) in [6.45, 7) is 5.83. The Bertz CT molecular complexity index is 1310. The quantitative estimate of drug-likeness (QED) is 0.675. The monoisotopic (exact) mass is 407 g/mol. The van der Waals surface area contributed by atoms with Gasteiger partial charge in [-0.2, -0.15) is 5.26 Å². The zero-order chi connectivity index (χ0) is 21.0. The molecule has 0 saturated carbocycles. The van der Waals surface area contributed by atoms with Gasteiger partial charge in [0.1, 0.15) is 0 Å². The van der Waals surface area contributed by atoms with Crippen LogP contribution >= 0.6 is 0 Å². The largest absolute Gasteiger partial charge is 0.358 e. The Morgan fingerprint density at radius 3 is 2.66 bits per heavy atom. The second-order valence-electron chi connectivity index (χ2n) is 8.38. The number of hydrogen-bond acceptors (Lipinski definition) is 4. The van der Waals surface area contributed by atoms with Gasteiger partial charge < -0.3 is 4.98 Å². The molecular weight excluding hydrogens is 386 g/mol. The van der Waals surface area contributed by atoms with Crippen LogP contribution in [0.15, 0.2) is 41.3 Å². The number of sulfonamides is 1. The lowest BCUT2D eigenvalue weighted by Crippen LogP contribution is -2.26. The zero-order valence-corrected chi connectivity index (χ0v) is 17.3. The third kappa shape index (κ3) is 3.40. The van der Waals surface area contributed by atoms with E-state index in [1.165, 1.54) is 6.07 Å². The highest BCUT2D eigenvalue weighted by Gasteiger charge is 2.34. The molecule has 1 aromatic heterocycles. The van der Waals surface area contributed by atoms with Crippen LogP contribution in [0.4, 0.5) is 5.69 Å². The van der Waals surface area contributed by atoms with Gasteiger partial charge in [-0.3, -0.25) is 9.52 Å². The summed E-state index contributed by atoms with van der Waals surface area (Å²) in [5, 5.41) is 9.79. The van der Waals surface area contributed by atoms with E-state index in [1.807, 2.05) is 6.07 Å². The number of carbonyl (C=O) groups excluding carboxylic acids is 1. The van der Waals surface area contributed by atoms with Crippen LogP contribution in [0.3, 0.4) is 0 Å². The summed E-state index contributed by atoms with van der Waals surface area (Å²) >= 11 is 0. The number of H-pyrrole nitrogens is 1. The van der Waals surface area contributed by atoms with Gasteiger partial charge in [0, 0.05) is 28.6 Å². The molecule has 1 aliphatic carbocycles. The molecule has 0 fully saturated rings. The molecule has 1 heterocycles. The molecular formula is C22H21N3O3S. The van der Waals surface area contributed by atoms with Crippen LogP contribution in [0.1, 0.15) is 47.4 Å². The molecule has 7 heteroatoms. The maximum Gasteiger partial charge on any atom is 0.262 e. The highest BCUT2D eigenvalue weighted by Crippen LogP contribution is 2.39. The van der Waals surface area contributed by atoms with Gasteiger partial charge in [-0.1, -0.05) is 19.9 Å². The molecule has 2 N–H and O–H groups in total. The Kier molecular flexibility index (Phi) is 4.28. The lowest BCUT2D eigenvalue weighted by atomic mass is 9.76. The average Bonchev–Trinajstić information content (AvgIpc) is 2.96. The van der Waals surface area contributed by atoms with E-state index in [-0.39, 0.29) is 16.1 Å². The van der Waals surface area contributed by atoms with Gasteiger partial charge in [0.2, 0.25) is 0 Å². The highest BCUT2D eigenvalue weighted by molar-refractivity contribution is 7.92. The Balaban J connectivity index is 1.80. The van der Waals surface area contributed by atoms with Crippen molar-refractivity contribution in [1.29, 1.82) is 5.26 Å². The molecule has 0 spiro atoms. The average molecular weight is 407 g/mol. The van der Waals surface area contributed by atoms with Crippen LogP contribution in [0.2, 0.25) is 0 Å². The minimum absolute atomic E-state index is 0.0870. The first-order valence-corrected chi connectivity index (χ1v) is 10.8. The number of Topliss-reactive ketones (excluding diaryl/α,β-unsaturated/α-hetero) is 1. The molecule has 0 radical (unpaired) electrons. The summed E-state index contributed by atoms with van der Waals surface area (Å²) < 4.78 is 28.5. The summed E-state index contributed by atoms with van der Waals surface area (Å²) in [7, 11) is -3.86. The number of aryl methyl sites for hydroxylation is 1. The number of ketones is 1. The molecule has 148 valence electrons. The second kappa shape index (κ2) is 6.46. The van der Waals surface area contributed by atoms with Gasteiger partial charge in [0.25, 0.3) is 10.0 Å². The maximum absolute atomic E-state index is 13.0. The summed E-state index contributed by atoms with van der Waals surface area (Å²) in [4.78, 5) is 16.1. The van der Waals surface area contributed by atoms with Crippen LogP contribution in [-0.4, -0.2) is 19.2 Å². The van der Waals surface area contributed by atoms with Crippen LogP contribution in [0.5, 0.6) is 0 Å². The molecule has 3 aromatic rings. The topological polar surface area (TPSA) is 103 Å². The van der Waals surface area contributed by atoms with Crippen LogP contribution < -0.4 is 4.72 Å². The van der Waals surface area contributed by atoms with Crippen molar-refractivity contribution in [2.45, 2.75) is 38.5 Å². The zero-order valence-electron chi connectivity index (χ0n) is 16.5. The minimum atomic E-state index is -3.86. The van der Waals surface area contributed by atoms with Crippen molar-refractivity contribution in [2.75, 3.05) is 4.72 Å².